The van der Waals surface area contributed by atoms with Crippen molar-refractivity contribution in [1.29, 1.82) is 0 Å². The average molecular weight is 417 g/mol. The fourth-order valence-electron chi connectivity index (χ4n) is 3.22. The molecule has 0 bridgehead atoms. The molecular formula is C20H23N3O5S. The quantitative estimate of drug-likeness (QED) is 0.745. The molecule has 2 aromatic carbocycles. The van der Waals surface area contributed by atoms with E-state index < -0.39 is 10.0 Å². The Bertz CT molecular complexity index is 1020. The smallest absolute Gasteiger partial charge is 0.244 e. The van der Waals surface area contributed by atoms with E-state index in [1.807, 2.05) is 0 Å². The van der Waals surface area contributed by atoms with E-state index in [9.17, 15) is 18.0 Å². The van der Waals surface area contributed by atoms with Crippen molar-refractivity contribution in [2.45, 2.75) is 12.8 Å². The van der Waals surface area contributed by atoms with Crippen LogP contribution in [0.4, 0.5) is 17.1 Å². The number of carbonyl (C=O) groups excluding carboxylic acids is 2. The second-order valence-corrected chi connectivity index (χ2v) is 8.59. The van der Waals surface area contributed by atoms with Crippen LogP contribution in [-0.2, 0) is 19.6 Å². The predicted octanol–water partition coefficient (Wildman–Crippen LogP) is 2.23. The first-order valence-electron chi connectivity index (χ1n) is 9.10. The third kappa shape index (κ3) is 4.86. The van der Waals surface area contributed by atoms with Crippen molar-refractivity contribution in [3.05, 3.63) is 48.5 Å². The Morgan fingerprint density at radius 2 is 1.97 bits per heavy atom. The molecule has 0 fully saturated rings. The minimum Gasteiger partial charge on any atom is -0.497 e. The van der Waals surface area contributed by atoms with Crippen LogP contribution in [-0.4, -0.2) is 46.7 Å². The lowest BCUT2D eigenvalue weighted by molar-refractivity contribution is -0.121. The van der Waals surface area contributed by atoms with Crippen molar-refractivity contribution < 1.29 is 22.7 Å². The Morgan fingerprint density at radius 3 is 2.69 bits per heavy atom. The van der Waals surface area contributed by atoms with Gasteiger partial charge >= 0.3 is 0 Å². The summed E-state index contributed by atoms with van der Waals surface area (Å²) in [5.41, 5.74) is 1.71. The Hall–Kier alpha value is -3.07. The van der Waals surface area contributed by atoms with Crippen LogP contribution in [0.2, 0.25) is 0 Å². The third-order valence-electron chi connectivity index (χ3n) is 4.57. The number of ether oxygens (including phenoxy) is 1. The van der Waals surface area contributed by atoms with E-state index in [4.69, 9.17) is 4.74 Å². The maximum absolute atomic E-state index is 12.7. The minimum absolute atomic E-state index is 0.0540. The van der Waals surface area contributed by atoms with Crippen LogP contribution in [0.15, 0.2) is 48.5 Å². The zero-order valence-electron chi connectivity index (χ0n) is 16.3. The van der Waals surface area contributed by atoms with Gasteiger partial charge < -0.3 is 15.0 Å². The van der Waals surface area contributed by atoms with Gasteiger partial charge in [0.1, 0.15) is 12.3 Å². The van der Waals surface area contributed by atoms with E-state index >= 15 is 0 Å². The van der Waals surface area contributed by atoms with Crippen LogP contribution < -0.4 is 19.3 Å². The van der Waals surface area contributed by atoms with Crippen molar-refractivity contribution in [3.63, 3.8) is 0 Å². The highest BCUT2D eigenvalue weighted by molar-refractivity contribution is 7.92. The first-order chi connectivity index (χ1) is 13.8. The average Bonchev–Trinajstić information content (AvgIpc) is 2.69. The minimum atomic E-state index is -3.53. The number of hydrogen-bond acceptors (Lipinski definition) is 5. The lowest BCUT2D eigenvalue weighted by Gasteiger charge is -2.29. The summed E-state index contributed by atoms with van der Waals surface area (Å²) in [5.74, 6) is 0.0562. The number of anilines is 3. The molecule has 0 aromatic heterocycles. The second kappa shape index (κ2) is 8.52. The number of carbonyl (C=O) groups is 2. The van der Waals surface area contributed by atoms with Crippen molar-refractivity contribution >= 4 is 38.9 Å². The monoisotopic (exact) mass is 417 g/mol. The molecule has 1 aliphatic rings. The van der Waals surface area contributed by atoms with Gasteiger partial charge in [0.15, 0.2) is 0 Å². The summed E-state index contributed by atoms with van der Waals surface area (Å²) >= 11 is 0. The molecular weight excluding hydrogens is 394 g/mol. The molecule has 0 aliphatic carbocycles. The number of hydrogen-bond donors (Lipinski definition) is 1. The molecule has 0 radical (unpaired) electrons. The number of nitrogens with zero attached hydrogens (tertiary/aromatic N) is 2. The molecule has 0 atom stereocenters. The summed E-state index contributed by atoms with van der Waals surface area (Å²) in [6.07, 6.45) is 1.54. The largest absolute Gasteiger partial charge is 0.497 e. The molecule has 1 N–H and O–H groups in total. The van der Waals surface area contributed by atoms with E-state index in [0.29, 0.717) is 29.2 Å². The maximum atomic E-state index is 12.7. The molecule has 2 amide bonds. The van der Waals surface area contributed by atoms with Gasteiger partial charge in [-0.25, -0.2) is 8.42 Å². The highest BCUT2D eigenvalue weighted by Gasteiger charge is 2.26. The molecule has 1 heterocycles. The normalized spacial score (nSPS) is 13.4. The first-order valence-corrected chi connectivity index (χ1v) is 11.0. The molecule has 0 saturated heterocycles. The summed E-state index contributed by atoms with van der Waals surface area (Å²) in [5, 5.41) is 2.74. The van der Waals surface area contributed by atoms with E-state index in [-0.39, 0.29) is 31.3 Å². The highest BCUT2D eigenvalue weighted by Crippen LogP contribution is 2.29. The summed E-state index contributed by atoms with van der Waals surface area (Å²) in [6.45, 7) is 0.0843. The van der Waals surface area contributed by atoms with Gasteiger partial charge in [-0.2, -0.15) is 0 Å². The molecule has 0 unspecified atom stereocenters. The SMILES string of the molecule is COc1cccc(N(CCCC(=O)N2CC(=O)Nc3ccccc32)S(C)(=O)=O)c1. The molecule has 8 nitrogen and oxygen atoms in total. The zero-order valence-corrected chi connectivity index (χ0v) is 17.1. The van der Waals surface area contributed by atoms with E-state index in [0.717, 1.165) is 6.26 Å². The summed E-state index contributed by atoms with van der Waals surface area (Å²) in [7, 11) is -2.03. The lowest BCUT2D eigenvalue weighted by Crippen LogP contribution is -2.42. The second-order valence-electron chi connectivity index (χ2n) is 6.69. The highest BCUT2D eigenvalue weighted by atomic mass is 32.2. The maximum Gasteiger partial charge on any atom is 0.244 e. The van der Waals surface area contributed by atoms with Crippen molar-refractivity contribution in [2.75, 3.05) is 41.0 Å². The van der Waals surface area contributed by atoms with Crippen LogP contribution in [0, 0.1) is 0 Å². The molecule has 2 aromatic rings. The molecule has 0 saturated carbocycles. The summed E-state index contributed by atoms with van der Waals surface area (Å²) in [6, 6.07) is 13.8. The molecule has 1 aliphatic heterocycles. The van der Waals surface area contributed by atoms with E-state index in [1.165, 1.54) is 16.3 Å². The van der Waals surface area contributed by atoms with Gasteiger partial charge in [0.2, 0.25) is 21.8 Å². The number of nitrogens with one attached hydrogen (secondary N) is 1. The van der Waals surface area contributed by atoms with Gasteiger partial charge in [0.25, 0.3) is 0 Å². The van der Waals surface area contributed by atoms with Crippen LogP contribution in [0.1, 0.15) is 12.8 Å². The zero-order chi connectivity index (χ0) is 21.0. The third-order valence-corrected chi connectivity index (χ3v) is 5.76. The van der Waals surface area contributed by atoms with Gasteiger partial charge in [-0.3, -0.25) is 13.9 Å². The first kappa shape index (κ1) is 20.7. The number of methoxy groups -OCH3 is 1. The van der Waals surface area contributed by atoms with Crippen molar-refractivity contribution in [3.8, 4) is 5.75 Å². The van der Waals surface area contributed by atoms with E-state index in [2.05, 4.69) is 5.32 Å². The Labute approximate surface area is 170 Å². The van der Waals surface area contributed by atoms with Crippen LogP contribution in [0.5, 0.6) is 5.75 Å². The molecule has 154 valence electrons. The van der Waals surface area contributed by atoms with Crippen LogP contribution in [0.3, 0.4) is 0 Å². The Balaban J connectivity index is 1.70. The van der Waals surface area contributed by atoms with Gasteiger partial charge in [0, 0.05) is 19.0 Å². The van der Waals surface area contributed by atoms with Gasteiger partial charge in [-0.15, -0.1) is 0 Å². The molecule has 3 rings (SSSR count). The summed E-state index contributed by atoms with van der Waals surface area (Å²) < 4.78 is 30.9. The topological polar surface area (TPSA) is 96.0 Å². The molecule has 0 spiro atoms. The van der Waals surface area contributed by atoms with Gasteiger partial charge in [-0.05, 0) is 30.7 Å². The van der Waals surface area contributed by atoms with E-state index in [1.54, 1.807) is 48.5 Å². The van der Waals surface area contributed by atoms with Crippen molar-refractivity contribution in [1.82, 2.24) is 0 Å². The predicted molar refractivity (Wildman–Crippen MR) is 112 cm³/mol. The standard InChI is InChI=1S/C20H23N3O5S/c1-28-16-8-5-7-15(13-16)23(29(2,26)27)12-6-11-20(25)22-14-19(24)21-17-9-3-4-10-18(17)22/h3-5,7-10,13H,6,11-12,14H2,1-2H3,(H,21,24). The van der Waals surface area contributed by atoms with Gasteiger partial charge in [0.05, 0.1) is 30.4 Å². The van der Waals surface area contributed by atoms with Crippen LogP contribution in [0.25, 0.3) is 0 Å². The number of fused-ring (bicyclic) bond motifs is 1. The number of para-hydroxylation sites is 2. The number of sulfonamides is 1. The fourth-order valence-corrected chi connectivity index (χ4v) is 4.17. The van der Waals surface area contributed by atoms with Gasteiger partial charge in [-0.1, -0.05) is 18.2 Å². The Kier molecular flexibility index (Phi) is 6.07. The number of benzene rings is 2. The van der Waals surface area contributed by atoms with Crippen LogP contribution >= 0.6 is 0 Å². The Morgan fingerprint density at radius 1 is 1.21 bits per heavy atom. The fraction of sp³-hybridized carbons (Fsp3) is 0.300. The number of rotatable bonds is 7. The lowest BCUT2D eigenvalue weighted by atomic mass is 10.1. The summed E-state index contributed by atoms with van der Waals surface area (Å²) in [4.78, 5) is 26.1. The van der Waals surface area contributed by atoms with Crippen molar-refractivity contribution in [2.24, 2.45) is 0 Å². The molecule has 9 heteroatoms. The molecule has 29 heavy (non-hydrogen) atoms. The number of amides is 2.